The third kappa shape index (κ3) is 1.94. The Bertz CT molecular complexity index is 440. The van der Waals surface area contributed by atoms with E-state index >= 15 is 0 Å². The molecule has 0 spiro atoms. The monoisotopic (exact) mass is 244 g/mol. The van der Waals surface area contributed by atoms with Crippen LogP contribution < -0.4 is 4.74 Å². The Hall–Kier alpha value is -1.31. The summed E-state index contributed by atoms with van der Waals surface area (Å²) in [4.78, 5) is 12.6. The predicted octanol–water partition coefficient (Wildman–Crippen LogP) is 3.70. The van der Waals surface area contributed by atoms with E-state index in [1.54, 1.807) is 0 Å². The smallest absolute Gasteiger partial charge is 0.170 e. The molecular formula is C16H20O2. The molecular weight excluding hydrogens is 224 g/mol. The van der Waals surface area contributed by atoms with E-state index in [1.807, 2.05) is 31.2 Å². The van der Waals surface area contributed by atoms with Gasteiger partial charge in [0.2, 0.25) is 0 Å². The van der Waals surface area contributed by atoms with Crippen molar-refractivity contribution >= 4 is 5.78 Å². The van der Waals surface area contributed by atoms with Crippen LogP contribution in [0.5, 0.6) is 5.75 Å². The van der Waals surface area contributed by atoms with Crippen LogP contribution in [0.15, 0.2) is 24.3 Å². The topological polar surface area (TPSA) is 26.3 Å². The Labute approximate surface area is 108 Å². The molecule has 18 heavy (non-hydrogen) atoms. The van der Waals surface area contributed by atoms with Crippen LogP contribution in [0, 0.1) is 17.8 Å². The maximum Gasteiger partial charge on any atom is 0.170 e. The summed E-state index contributed by atoms with van der Waals surface area (Å²) in [5.74, 6) is 2.69. The van der Waals surface area contributed by atoms with E-state index in [9.17, 15) is 4.79 Å². The number of ketones is 1. The number of para-hydroxylation sites is 1. The highest BCUT2D eigenvalue weighted by Gasteiger charge is 2.54. The van der Waals surface area contributed by atoms with Crippen molar-refractivity contribution in [2.75, 3.05) is 6.61 Å². The highest BCUT2D eigenvalue weighted by Crippen LogP contribution is 2.56. The van der Waals surface area contributed by atoms with Gasteiger partial charge in [0.1, 0.15) is 5.75 Å². The first-order chi connectivity index (χ1) is 8.83. The average Bonchev–Trinajstić information content (AvgIpc) is 3.13. The van der Waals surface area contributed by atoms with Gasteiger partial charge in [0, 0.05) is 5.92 Å². The van der Waals surface area contributed by atoms with Crippen molar-refractivity contribution in [3.05, 3.63) is 29.8 Å². The summed E-state index contributed by atoms with van der Waals surface area (Å²) >= 11 is 0. The molecule has 2 atom stereocenters. The summed E-state index contributed by atoms with van der Waals surface area (Å²) in [6, 6.07) is 7.68. The van der Waals surface area contributed by atoms with E-state index in [0.29, 0.717) is 24.2 Å². The molecule has 2 heteroatoms. The Morgan fingerprint density at radius 2 is 1.89 bits per heavy atom. The van der Waals surface area contributed by atoms with E-state index in [0.717, 1.165) is 11.3 Å². The number of Topliss-reactive ketones (excluding diaryl/α,β-unsaturated/α-hetero) is 1. The summed E-state index contributed by atoms with van der Waals surface area (Å²) < 4.78 is 5.57. The largest absolute Gasteiger partial charge is 0.493 e. The maximum atomic E-state index is 12.6. The summed E-state index contributed by atoms with van der Waals surface area (Å²) in [5.41, 5.74) is 0.791. The molecule has 0 bridgehead atoms. The minimum absolute atomic E-state index is 0.286. The van der Waals surface area contributed by atoms with Crippen LogP contribution in [-0.4, -0.2) is 12.4 Å². The predicted molar refractivity (Wildman–Crippen MR) is 70.9 cm³/mol. The molecule has 1 aromatic carbocycles. The lowest BCUT2D eigenvalue weighted by molar-refractivity contribution is 0.0952. The lowest BCUT2D eigenvalue weighted by Gasteiger charge is -2.08. The van der Waals surface area contributed by atoms with Gasteiger partial charge in [0.05, 0.1) is 12.2 Å². The normalized spacial score (nSPS) is 29.5. The zero-order valence-electron chi connectivity index (χ0n) is 10.9. The first-order valence-electron chi connectivity index (χ1n) is 7.09. The van der Waals surface area contributed by atoms with Gasteiger partial charge in [0.25, 0.3) is 0 Å². The minimum Gasteiger partial charge on any atom is -0.493 e. The Morgan fingerprint density at radius 1 is 1.22 bits per heavy atom. The molecule has 0 aromatic heterocycles. The highest BCUT2D eigenvalue weighted by molar-refractivity contribution is 6.02. The molecule has 0 heterocycles. The third-order valence-corrected chi connectivity index (χ3v) is 4.41. The van der Waals surface area contributed by atoms with Crippen molar-refractivity contribution in [3.63, 3.8) is 0 Å². The summed E-state index contributed by atoms with van der Waals surface area (Å²) in [6.07, 6.45) is 5.10. The van der Waals surface area contributed by atoms with Gasteiger partial charge in [-0.2, -0.15) is 0 Å². The van der Waals surface area contributed by atoms with Gasteiger partial charge in [-0.15, -0.1) is 0 Å². The second-order valence-electron chi connectivity index (χ2n) is 5.43. The van der Waals surface area contributed by atoms with Gasteiger partial charge < -0.3 is 4.74 Å². The Morgan fingerprint density at radius 3 is 2.56 bits per heavy atom. The molecule has 3 rings (SSSR count). The van der Waals surface area contributed by atoms with Crippen LogP contribution in [-0.2, 0) is 0 Å². The maximum absolute atomic E-state index is 12.6. The van der Waals surface area contributed by atoms with Crippen LogP contribution in [0.25, 0.3) is 0 Å². The van der Waals surface area contributed by atoms with Gasteiger partial charge in [0.15, 0.2) is 5.78 Å². The zero-order chi connectivity index (χ0) is 12.5. The Balaban J connectivity index is 1.80. The van der Waals surface area contributed by atoms with E-state index in [-0.39, 0.29) is 5.92 Å². The highest BCUT2D eigenvalue weighted by atomic mass is 16.5. The minimum atomic E-state index is 0.286. The van der Waals surface area contributed by atoms with Crippen molar-refractivity contribution in [1.82, 2.24) is 0 Å². The summed E-state index contributed by atoms with van der Waals surface area (Å²) in [6.45, 7) is 2.57. The van der Waals surface area contributed by atoms with Crippen molar-refractivity contribution in [1.29, 1.82) is 0 Å². The molecule has 2 unspecified atom stereocenters. The molecule has 0 N–H and O–H groups in total. The zero-order valence-corrected chi connectivity index (χ0v) is 10.9. The average molecular weight is 244 g/mol. The van der Waals surface area contributed by atoms with Crippen molar-refractivity contribution in [2.24, 2.45) is 17.8 Å². The first-order valence-corrected chi connectivity index (χ1v) is 7.09. The van der Waals surface area contributed by atoms with Crippen LogP contribution in [0.3, 0.4) is 0 Å². The van der Waals surface area contributed by atoms with E-state index < -0.39 is 0 Å². The van der Waals surface area contributed by atoms with Crippen molar-refractivity contribution in [2.45, 2.75) is 32.6 Å². The Kier molecular flexibility index (Phi) is 3.11. The second-order valence-corrected chi connectivity index (χ2v) is 5.43. The fourth-order valence-corrected chi connectivity index (χ4v) is 3.51. The number of rotatable bonds is 4. The quantitative estimate of drug-likeness (QED) is 0.755. The third-order valence-electron chi connectivity index (χ3n) is 4.41. The number of fused-ring (bicyclic) bond motifs is 1. The SMILES string of the molecule is CCOc1ccccc1C(=O)C1C2CCCCC21. The van der Waals surface area contributed by atoms with Gasteiger partial charge in [-0.1, -0.05) is 25.0 Å². The lowest BCUT2D eigenvalue weighted by atomic mass is 10.0. The van der Waals surface area contributed by atoms with Gasteiger partial charge in [-0.3, -0.25) is 4.79 Å². The number of hydrogen-bond donors (Lipinski definition) is 0. The van der Waals surface area contributed by atoms with Gasteiger partial charge in [-0.25, -0.2) is 0 Å². The standard InChI is InChI=1S/C16H20O2/c1-2-18-14-10-6-5-9-13(14)16(17)15-11-7-3-4-8-12(11)15/h5-6,9-12,15H,2-4,7-8H2,1H3. The fourth-order valence-electron chi connectivity index (χ4n) is 3.51. The molecule has 0 saturated heterocycles. The van der Waals surface area contributed by atoms with Gasteiger partial charge in [-0.05, 0) is 43.7 Å². The molecule has 0 amide bonds. The molecule has 1 aromatic rings. The number of carbonyl (C=O) groups excluding carboxylic acids is 1. The second kappa shape index (κ2) is 4.75. The number of hydrogen-bond acceptors (Lipinski definition) is 2. The molecule has 2 saturated carbocycles. The van der Waals surface area contributed by atoms with Gasteiger partial charge >= 0.3 is 0 Å². The van der Waals surface area contributed by atoms with E-state index in [2.05, 4.69) is 0 Å². The van der Waals surface area contributed by atoms with Crippen LogP contribution in [0.4, 0.5) is 0 Å². The molecule has 2 fully saturated rings. The number of benzene rings is 1. The van der Waals surface area contributed by atoms with E-state index in [4.69, 9.17) is 4.74 Å². The van der Waals surface area contributed by atoms with Crippen LogP contribution >= 0.6 is 0 Å². The number of carbonyl (C=O) groups is 1. The van der Waals surface area contributed by atoms with E-state index in [1.165, 1.54) is 25.7 Å². The number of ether oxygens (including phenoxy) is 1. The molecule has 2 aliphatic carbocycles. The van der Waals surface area contributed by atoms with Crippen molar-refractivity contribution < 1.29 is 9.53 Å². The molecule has 2 aliphatic rings. The summed E-state index contributed by atoms with van der Waals surface area (Å²) in [7, 11) is 0. The van der Waals surface area contributed by atoms with Crippen LogP contribution in [0.1, 0.15) is 43.0 Å². The summed E-state index contributed by atoms with van der Waals surface area (Å²) in [5, 5.41) is 0. The first kappa shape index (κ1) is 11.8. The lowest BCUT2D eigenvalue weighted by Crippen LogP contribution is -2.07. The molecule has 96 valence electrons. The molecule has 0 aliphatic heterocycles. The molecule has 0 radical (unpaired) electrons. The fraction of sp³-hybridized carbons (Fsp3) is 0.562. The van der Waals surface area contributed by atoms with Crippen molar-refractivity contribution in [3.8, 4) is 5.75 Å². The van der Waals surface area contributed by atoms with Crippen LogP contribution in [0.2, 0.25) is 0 Å². The molecule has 2 nitrogen and oxygen atoms in total.